The molecule has 1 aliphatic rings. The molecule has 2 heteroatoms. The number of rotatable bonds is 2. The van der Waals surface area contributed by atoms with Gasteiger partial charge in [0.1, 0.15) is 7.05 Å². The van der Waals surface area contributed by atoms with Crippen LogP contribution in [-0.2, 0) is 13.5 Å². The molecule has 0 spiro atoms. The summed E-state index contributed by atoms with van der Waals surface area (Å²) in [7, 11) is 2.19. The molecule has 0 N–H and O–H groups in total. The van der Waals surface area contributed by atoms with E-state index in [1.807, 2.05) is 11.8 Å². The molecule has 0 unspecified atom stereocenters. The number of aryl methyl sites for hydroxylation is 3. The van der Waals surface area contributed by atoms with Gasteiger partial charge in [-0.05, 0) is 70.5 Å². The molecule has 0 fully saturated rings. The number of hydrogen-bond acceptors (Lipinski definition) is 1. The van der Waals surface area contributed by atoms with Crippen LogP contribution in [0.15, 0.2) is 70.6 Å². The van der Waals surface area contributed by atoms with Crippen molar-refractivity contribution in [3.05, 3.63) is 77.5 Å². The van der Waals surface area contributed by atoms with Gasteiger partial charge in [-0.3, -0.25) is 0 Å². The second-order valence-electron chi connectivity index (χ2n) is 9.69. The summed E-state index contributed by atoms with van der Waals surface area (Å²) in [6.07, 6.45) is 3.37. The molecule has 0 saturated heterocycles. The Kier molecular flexibility index (Phi) is 4.39. The van der Waals surface area contributed by atoms with E-state index in [0.29, 0.717) is 5.92 Å². The number of pyridine rings is 1. The first-order valence-electron chi connectivity index (χ1n) is 11.5. The first-order chi connectivity index (χ1) is 15.4. The number of aromatic nitrogens is 1. The van der Waals surface area contributed by atoms with Crippen molar-refractivity contribution in [1.29, 1.82) is 0 Å². The monoisotopic (exact) mass is 434 g/mol. The van der Waals surface area contributed by atoms with Gasteiger partial charge in [0.15, 0.2) is 6.20 Å². The normalized spacial score (nSPS) is 12.8. The average Bonchev–Trinajstić information content (AvgIpc) is 2.78. The van der Waals surface area contributed by atoms with Gasteiger partial charge in [-0.1, -0.05) is 68.1 Å². The van der Waals surface area contributed by atoms with Crippen molar-refractivity contribution in [2.45, 2.75) is 43.9 Å². The summed E-state index contributed by atoms with van der Waals surface area (Å²) >= 11 is 1.96. The highest BCUT2D eigenvalue weighted by atomic mass is 32.2. The van der Waals surface area contributed by atoms with Crippen LogP contribution in [0.2, 0.25) is 0 Å². The van der Waals surface area contributed by atoms with Crippen LogP contribution >= 0.6 is 11.8 Å². The lowest BCUT2D eigenvalue weighted by molar-refractivity contribution is -0.659. The van der Waals surface area contributed by atoms with Gasteiger partial charge in [0.25, 0.3) is 0 Å². The smallest absolute Gasteiger partial charge is 0.200 e. The van der Waals surface area contributed by atoms with Gasteiger partial charge in [0.2, 0.25) is 5.69 Å². The molecule has 0 amide bonds. The lowest BCUT2D eigenvalue weighted by Crippen LogP contribution is -2.31. The molecule has 0 aliphatic carbocycles. The Hall–Kier alpha value is -2.84. The Balaban J connectivity index is 1.74. The Labute approximate surface area is 194 Å². The van der Waals surface area contributed by atoms with Gasteiger partial charge in [0, 0.05) is 21.2 Å². The predicted octanol–water partition coefficient (Wildman–Crippen LogP) is 7.92. The van der Waals surface area contributed by atoms with Crippen molar-refractivity contribution in [3.8, 4) is 11.3 Å². The molecule has 6 rings (SSSR count). The minimum Gasteiger partial charge on any atom is -0.200 e. The summed E-state index contributed by atoms with van der Waals surface area (Å²) in [6, 6.07) is 20.7. The molecular weight excluding hydrogens is 406 g/mol. The highest BCUT2D eigenvalue weighted by molar-refractivity contribution is 8.00. The SMILES string of the molecule is Cc1c2c(c(C)c3ccccc13)-c1c3c(cc4cc(CC(C)C)ccc4c3cc[n+]1C)S2. The van der Waals surface area contributed by atoms with E-state index in [1.165, 1.54) is 70.1 Å². The fourth-order valence-corrected chi connectivity index (χ4v) is 6.90. The number of nitrogens with zero attached hydrogens (tertiary/aromatic N) is 1. The maximum atomic E-state index is 2.43. The maximum absolute atomic E-state index is 2.43. The summed E-state index contributed by atoms with van der Waals surface area (Å²) < 4.78 is 2.32. The molecule has 0 radical (unpaired) electrons. The van der Waals surface area contributed by atoms with E-state index in [2.05, 4.69) is 100 Å². The summed E-state index contributed by atoms with van der Waals surface area (Å²) in [6.45, 7) is 9.18. The van der Waals surface area contributed by atoms with Gasteiger partial charge >= 0.3 is 0 Å². The Morgan fingerprint density at radius 2 is 1.59 bits per heavy atom. The topological polar surface area (TPSA) is 3.88 Å². The minimum atomic E-state index is 0.664. The Bertz CT molecular complexity index is 1580. The van der Waals surface area contributed by atoms with E-state index in [-0.39, 0.29) is 0 Å². The zero-order valence-corrected chi connectivity index (χ0v) is 20.2. The van der Waals surface area contributed by atoms with Crippen LogP contribution in [0, 0.1) is 19.8 Å². The van der Waals surface area contributed by atoms with Crippen LogP contribution in [0.4, 0.5) is 0 Å². The molecule has 2 heterocycles. The minimum absolute atomic E-state index is 0.664. The predicted molar refractivity (Wildman–Crippen MR) is 138 cm³/mol. The third kappa shape index (κ3) is 2.75. The zero-order valence-electron chi connectivity index (χ0n) is 19.4. The van der Waals surface area contributed by atoms with Crippen LogP contribution in [0.3, 0.4) is 0 Å². The van der Waals surface area contributed by atoms with Gasteiger partial charge in [-0.25, -0.2) is 4.57 Å². The van der Waals surface area contributed by atoms with Crippen molar-refractivity contribution in [3.63, 3.8) is 0 Å². The highest BCUT2D eigenvalue weighted by Gasteiger charge is 2.31. The van der Waals surface area contributed by atoms with Crippen molar-refractivity contribution in [1.82, 2.24) is 0 Å². The number of fused-ring (bicyclic) bond motifs is 5. The molecule has 0 saturated carbocycles. The molecule has 1 aromatic heterocycles. The maximum Gasteiger partial charge on any atom is 0.222 e. The van der Waals surface area contributed by atoms with E-state index in [4.69, 9.17) is 0 Å². The molecule has 1 nitrogen and oxygen atoms in total. The summed E-state index contributed by atoms with van der Waals surface area (Å²) in [4.78, 5) is 2.79. The first kappa shape index (κ1) is 19.8. The van der Waals surface area contributed by atoms with Crippen molar-refractivity contribution in [2.75, 3.05) is 0 Å². The van der Waals surface area contributed by atoms with Gasteiger partial charge in [0.05, 0.1) is 10.9 Å². The van der Waals surface area contributed by atoms with E-state index < -0.39 is 0 Å². The molecule has 1 aliphatic heterocycles. The summed E-state index contributed by atoms with van der Waals surface area (Å²) in [5, 5.41) is 8.21. The third-order valence-corrected chi connectivity index (χ3v) is 8.29. The van der Waals surface area contributed by atoms with Crippen molar-refractivity contribution >= 4 is 44.1 Å². The third-order valence-electron chi connectivity index (χ3n) is 7.03. The second kappa shape index (κ2) is 7.08. The fraction of sp³-hybridized carbons (Fsp3) is 0.233. The average molecular weight is 435 g/mol. The highest BCUT2D eigenvalue weighted by Crippen LogP contribution is 2.52. The zero-order chi connectivity index (χ0) is 22.1. The van der Waals surface area contributed by atoms with Crippen LogP contribution in [0.25, 0.3) is 43.6 Å². The standard InChI is InChI=1S/C30H28NS/c1-17(2)14-20-10-11-24-21(15-20)16-26-28-25(24)12-13-31(5)29(28)27-18(3)22-8-6-7-9-23(22)19(4)30(27)32-26/h6-13,15-17H,14H2,1-5H3/q+1. The molecule has 32 heavy (non-hydrogen) atoms. The van der Waals surface area contributed by atoms with Crippen molar-refractivity contribution < 1.29 is 4.57 Å². The van der Waals surface area contributed by atoms with E-state index in [9.17, 15) is 0 Å². The molecule has 5 aromatic rings. The number of hydrogen-bond donors (Lipinski definition) is 0. The lowest BCUT2D eigenvalue weighted by Gasteiger charge is -2.24. The van der Waals surface area contributed by atoms with E-state index in [1.54, 1.807) is 0 Å². The lowest BCUT2D eigenvalue weighted by atomic mass is 9.90. The van der Waals surface area contributed by atoms with E-state index in [0.717, 1.165) is 6.42 Å². The van der Waals surface area contributed by atoms with Gasteiger partial charge in [-0.15, -0.1) is 0 Å². The van der Waals surface area contributed by atoms with E-state index >= 15 is 0 Å². The summed E-state index contributed by atoms with van der Waals surface area (Å²) in [5.41, 5.74) is 6.96. The van der Waals surface area contributed by atoms with Crippen LogP contribution < -0.4 is 4.57 Å². The quantitative estimate of drug-likeness (QED) is 0.198. The molecule has 0 bridgehead atoms. The largest absolute Gasteiger partial charge is 0.222 e. The van der Waals surface area contributed by atoms with Crippen LogP contribution in [0.5, 0.6) is 0 Å². The molecular formula is C30H28NS+. The Morgan fingerprint density at radius 1 is 0.844 bits per heavy atom. The van der Waals surface area contributed by atoms with Crippen LogP contribution in [0.1, 0.15) is 30.5 Å². The fourth-order valence-electron chi connectivity index (χ4n) is 5.57. The molecule has 4 aromatic carbocycles. The summed E-state index contributed by atoms with van der Waals surface area (Å²) in [5.74, 6) is 0.664. The van der Waals surface area contributed by atoms with Gasteiger partial charge < -0.3 is 0 Å². The Morgan fingerprint density at radius 3 is 2.34 bits per heavy atom. The van der Waals surface area contributed by atoms with Gasteiger partial charge in [-0.2, -0.15) is 0 Å². The molecule has 158 valence electrons. The van der Waals surface area contributed by atoms with Crippen LogP contribution in [-0.4, -0.2) is 0 Å². The van der Waals surface area contributed by atoms with Crippen molar-refractivity contribution in [2.24, 2.45) is 13.0 Å². The first-order valence-corrected chi connectivity index (χ1v) is 12.3. The second-order valence-corrected chi connectivity index (χ2v) is 10.7. The number of benzene rings is 4. The molecule has 0 atom stereocenters.